The Morgan fingerprint density at radius 2 is 1.97 bits per heavy atom. The van der Waals surface area contributed by atoms with Crippen molar-refractivity contribution < 1.29 is 19.1 Å². The molecule has 30 heavy (non-hydrogen) atoms. The van der Waals surface area contributed by atoms with Crippen LogP contribution in [0.1, 0.15) is 24.1 Å². The lowest BCUT2D eigenvalue weighted by Gasteiger charge is -2.37. The summed E-state index contributed by atoms with van der Waals surface area (Å²) in [6.07, 6.45) is 0. The van der Waals surface area contributed by atoms with E-state index in [4.69, 9.17) is 14.5 Å². The van der Waals surface area contributed by atoms with Gasteiger partial charge in [-0.25, -0.2) is 4.98 Å². The van der Waals surface area contributed by atoms with Gasteiger partial charge >= 0.3 is 5.97 Å². The van der Waals surface area contributed by atoms with Gasteiger partial charge in [0.25, 0.3) is 0 Å². The fourth-order valence-electron chi connectivity index (χ4n) is 4.10. The number of imidazole rings is 1. The number of hydrogen-bond donors (Lipinski definition) is 0. The average molecular weight is 407 g/mol. The van der Waals surface area contributed by atoms with Gasteiger partial charge in [0.05, 0.1) is 36.8 Å². The van der Waals surface area contributed by atoms with Crippen LogP contribution in [-0.4, -0.2) is 48.3 Å². The number of para-hydroxylation sites is 2. The van der Waals surface area contributed by atoms with Crippen molar-refractivity contribution in [1.29, 1.82) is 0 Å². The molecule has 0 spiro atoms. The summed E-state index contributed by atoms with van der Waals surface area (Å²) in [5, 5.41) is 0. The van der Waals surface area contributed by atoms with Crippen molar-refractivity contribution in [3.05, 3.63) is 59.7 Å². The SMILES string of the molecule is CCOC(=O)[C@H]1C(=O)N(CCOC)c2nc3ccccc3n2[C@@H]1c1cccc(C)c1. The van der Waals surface area contributed by atoms with E-state index in [-0.39, 0.29) is 12.5 Å². The molecule has 2 heterocycles. The van der Waals surface area contributed by atoms with Crippen molar-refractivity contribution in [1.82, 2.24) is 9.55 Å². The normalized spacial score (nSPS) is 18.5. The first-order valence-corrected chi connectivity index (χ1v) is 10.1. The fourth-order valence-corrected chi connectivity index (χ4v) is 4.10. The van der Waals surface area contributed by atoms with Gasteiger partial charge < -0.3 is 14.0 Å². The van der Waals surface area contributed by atoms with Gasteiger partial charge in [-0.05, 0) is 31.5 Å². The second-order valence-electron chi connectivity index (χ2n) is 7.34. The van der Waals surface area contributed by atoms with Gasteiger partial charge in [-0.15, -0.1) is 0 Å². The minimum Gasteiger partial charge on any atom is -0.465 e. The van der Waals surface area contributed by atoms with Gasteiger partial charge in [0.15, 0.2) is 5.92 Å². The van der Waals surface area contributed by atoms with Gasteiger partial charge in [-0.1, -0.05) is 42.0 Å². The molecule has 2 aromatic carbocycles. The molecule has 0 N–H and O–H groups in total. The molecule has 0 saturated heterocycles. The van der Waals surface area contributed by atoms with Crippen LogP contribution >= 0.6 is 0 Å². The Balaban J connectivity index is 1.98. The van der Waals surface area contributed by atoms with Crippen LogP contribution in [0.5, 0.6) is 0 Å². The van der Waals surface area contributed by atoms with Crippen molar-refractivity contribution in [2.45, 2.75) is 19.9 Å². The van der Waals surface area contributed by atoms with Crippen LogP contribution in [0.3, 0.4) is 0 Å². The molecule has 2 atom stereocenters. The monoisotopic (exact) mass is 407 g/mol. The number of esters is 1. The van der Waals surface area contributed by atoms with E-state index in [2.05, 4.69) is 0 Å². The molecule has 4 rings (SSSR count). The maximum absolute atomic E-state index is 13.6. The number of fused-ring (bicyclic) bond motifs is 3. The van der Waals surface area contributed by atoms with Gasteiger partial charge in [0, 0.05) is 7.11 Å². The van der Waals surface area contributed by atoms with Crippen molar-refractivity contribution in [2.24, 2.45) is 5.92 Å². The molecule has 1 aliphatic rings. The van der Waals surface area contributed by atoms with Crippen molar-refractivity contribution in [3.63, 3.8) is 0 Å². The maximum Gasteiger partial charge on any atom is 0.321 e. The van der Waals surface area contributed by atoms with Crippen LogP contribution in [0, 0.1) is 12.8 Å². The van der Waals surface area contributed by atoms with Crippen molar-refractivity contribution in [2.75, 3.05) is 31.8 Å². The first-order chi connectivity index (χ1) is 14.6. The van der Waals surface area contributed by atoms with Crippen LogP contribution < -0.4 is 4.90 Å². The topological polar surface area (TPSA) is 73.7 Å². The van der Waals surface area contributed by atoms with Gasteiger partial charge in [-0.3, -0.25) is 14.5 Å². The van der Waals surface area contributed by atoms with Gasteiger partial charge in [0.1, 0.15) is 0 Å². The third-order valence-corrected chi connectivity index (χ3v) is 5.39. The van der Waals surface area contributed by atoms with Crippen LogP contribution in [0.15, 0.2) is 48.5 Å². The lowest BCUT2D eigenvalue weighted by atomic mass is 9.88. The molecule has 3 aromatic rings. The molecule has 0 aliphatic carbocycles. The van der Waals surface area contributed by atoms with E-state index >= 15 is 0 Å². The number of carbonyl (C=O) groups is 2. The quantitative estimate of drug-likeness (QED) is 0.464. The zero-order chi connectivity index (χ0) is 21.3. The molecular formula is C23H25N3O4. The maximum atomic E-state index is 13.6. The zero-order valence-corrected chi connectivity index (χ0v) is 17.4. The van der Waals surface area contributed by atoms with E-state index in [0.717, 1.165) is 22.2 Å². The summed E-state index contributed by atoms with van der Waals surface area (Å²) in [5.41, 5.74) is 3.56. The number of nitrogens with zero attached hydrogens (tertiary/aromatic N) is 3. The molecule has 7 nitrogen and oxygen atoms in total. The molecule has 0 unspecified atom stereocenters. The molecule has 0 bridgehead atoms. The smallest absolute Gasteiger partial charge is 0.321 e. The second kappa shape index (κ2) is 8.28. The minimum atomic E-state index is -1.01. The number of aryl methyl sites for hydroxylation is 1. The number of amides is 1. The van der Waals surface area contributed by atoms with E-state index in [1.165, 1.54) is 4.90 Å². The highest BCUT2D eigenvalue weighted by atomic mass is 16.5. The molecule has 1 aliphatic heterocycles. The third kappa shape index (κ3) is 3.35. The Labute approximate surface area is 175 Å². The molecule has 0 fully saturated rings. The highest BCUT2D eigenvalue weighted by Crippen LogP contribution is 2.41. The van der Waals surface area contributed by atoms with Crippen molar-refractivity contribution >= 4 is 28.9 Å². The number of carbonyl (C=O) groups excluding carboxylic acids is 2. The summed E-state index contributed by atoms with van der Waals surface area (Å²) in [4.78, 5) is 32.9. The van der Waals surface area contributed by atoms with Gasteiger partial charge in [-0.2, -0.15) is 0 Å². The number of rotatable bonds is 6. The number of methoxy groups -OCH3 is 1. The number of ether oxygens (including phenoxy) is 2. The van der Waals surface area contributed by atoms with E-state index in [9.17, 15) is 9.59 Å². The Hall–Kier alpha value is -3.19. The summed E-state index contributed by atoms with van der Waals surface area (Å²) < 4.78 is 12.5. The van der Waals surface area contributed by atoms with Crippen molar-refractivity contribution in [3.8, 4) is 0 Å². The second-order valence-corrected chi connectivity index (χ2v) is 7.34. The lowest BCUT2D eigenvalue weighted by Crippen LogP contribution is -2.51. The molecule has 0 saturated carbocycles. The van der Waals surface area contributed by atoms with Gasteiger partial charge in [0.2, 0.25) is 11.9 Å². The first kappa shape index (κ1) is 20.1. The van der Waals surface area contributed by atoms with E-state index in [1.54, 1.807) is 14.0 Å². The molecule has 0 radical (unpaired) electrons. The summed E-state index contributed by atoms with van der Waals surface area (Å²) in [5.74, 6) is -1.33. The summed E-state index contributed by atoms with van der Waals surface area (Å²) in [7, 11) is 1.58. The number of hydrogen-bond acceptors (Lipinski definition) is 5. The van der Waals surface area contributed by atoms with E-state index < -0.39 is 17.9 Å². The fraction of sp³-hybridized carbons (Fsp3) is 0.348. The average Bonchev–Trinajstić information content (AvgIpc) is 3.11. The zero-order valence-electron chi connectivity index (χ0n) is 17.4. The lowest BCUT2D eigenvalue weighted by molar-refractivity contribution is -0.153. The summed E-state index contributed by atoms with van der Waals surface area (Å²) in [6, 6.07) is 15.0. The van der Waals surface area contributed by atoms with Crippen LogP contribution in [-0.2, 0) is 19.1 Å². The molecule has 1 aromatic heterocycles. The van der Waals surface area contributed by atoms with Crippen LogP contribution in [0.2, 0.25) is 0 Å². The Kier molecular flexibility index (Phi) is 5.55. The molecular weight excluding hydrogens is 382 g/mol. The number of anilines is 1. The predicted octanol–water partition coefficient (Wildman–Crippen LogP) is 3.11. The Bertz CT molecular complexity index is 1090. The molecule has 156 valence electrons. The summed E-state index contributed by atoms with van der Waals surface area (Å²) >= 11 is 0. The molecule has 1 amide bonds. The Morgan fingerprint density at radius 1 is 1.17 bits per heavy atom. The highest BCUT2D eigenvalue weighted by molar-refractivity contribution is 6.08. The standard InChI is InChI=1S/C23H25N3O4/c1-4-30-22(28)19-20(16-9-7-8-15(2)14-16)26-18-11-6-5-10-17(18)24-23(26)25(21(19)27)12-13-29-3/h5-11,14,19-20H,4,12-13H2,1-3H3/t19-,20-/m1/s1. The van der Waals surface area contributed by atoms with Crippen LogP contribution in [0.4, 0.5) is 5.95 Å². The van der Waals surface area contributed by atoms with E-state index in [1.807, 2.05) is 60.0 Å². The Morgan fingerprint density at radius 3 is 2.70 bits per heavy atom. The molecule has 7 heteroatoms. The van der Waals surface area contributed by atoms with Crippen LogP contribution in [0.25, 0.3) is 11.0 Å². The highest BCUT2D eigenvalue weighted by Gasteiger charge is 2.47. The third-order valence-electron chi connectivity index (χ3n) is 5.39. The van der Waals surface area contributed by atoms with E-state index in [0.29, 0.717) is 19.1 Å². The largest absolute Gasteiger partial charge is 0.465 e. The minimum absolute atomic E-state index is 0.207. The number of benzene rings is 2. The first-order valence-electron chi connectivity index (χ1n) is 10.1. The number of aromatic nitrogens is 2. The predicted molar refractivity (Wildman–Crippen MR) is 113 cm³/mol. The summed E-state index contributed by atoms with van der Waals surface area (Å²) in [6.45, 7) is 4.58.